The number of carboxylic acids is 1. The van der Waals surface area contributed by atoms with Crippen molar-refractivity contribution in [1.82, 2.24) is 31.5 Å². The second-order valence-electron chi connectivity index (χ2n) is 17.5. The average Bonchev–Trinajstić information content (AvgIpc) is 4.01. The molecular formula is C40H69N9O18. The van der Waals surface area contributed by atoms with Gasteiger partial charge in [-0.25, -0.2) is 4.79 Å². The molecule has 4 rings (SSSR count). The van der Waals surface area contributed by atoms with Gasteiger partial charge in [0.15, 0.2) is 18.5 Å². The van der Waals surface area contributed by atoms with E-state index in [9.17, 15) is 69.6 Å². The molecule has 4 fully saturated rings. The van der Waals surface area contributed by atoms with Gasteiger partial charge in [0.05, 0.1) is 25.4 Å². The number of aliphatic carboxylic acids is 1. The number of aliphatic hydroxyl groups is 7. The van der Waals surface area contributed by atoms with E-state index >= 15 is 0 Å². The van der Waals surface area contributed by atoms with Crippen molar-refractivity contribution in [2.45, 2.75) is 170 Å². The molecule has 17 atom stereocenters. The van der Waals surface area contributed by atoms with E-state index in [1.165, 1.54) is 18.7 Å². The highest BCUT2D eigenvalue weighted by atomic mass is 16.7. The zero-order valence-electron chi connectivity index (χ0n) is 37.9. The number of nitrogens with zero attached hydrogens (tertiary/aromatic N) is 2. The van der Waals surface area contributed by atoms with Crippen LogP contribution in [0.3, 0.4) is 0 Å². The first-order chi connectivity index (χ1) is 31.6. The molecule has 4 saturated heterocycles. The molecule has 27 heteroatoms. The lowest BCUT2D eigenvalue weighted by molar-refractivity contribution is -0.362. The SMILES string of the molecule is CC(C)[C@H](NC(=O)[C@@H](NC(=O)[C@@H]1CCCN1)[C@@H](C)O[C@H]1O[C@H](CO)[C@@H](O[C@@H]2O[C@H](CO)[C@H](O)[C@H](O)[C@H]2O)[C@H](O)[C@H]1O)C(=O)N[C@@H](C)C(=O)N1CCC[C@H]1C(=O)N[C@@H](CCCN=C(N)N)C(=O)O. The van der Waals surface area contributed by atoms with Gasteiger partial charge in [0, 0.05) is 13.1 Å². The number of nitrogens with one attached hydrogen (secondary N) is 5. The molecule has 0 bridgehead atoms. The summed E-state index contributed by atoms with van der Waals surface area (Å²) in [6.07, 6.45) is -16.9. The second-order valence-corrected chi connectivity index (χ2v) is 17.5. The Morgan fingerprint density at radius 3 is 2.01 bits per heavy atom. The summed E-state index contributed by atoms with van der Waals surface area (Å²) >= 11 is 0. The van der Waals surface area contributed by atoms with Crippen LogP contribution in [-0.4, -0.2) is 224 Å². The molecule has 4 aliphatic heterocycles. The highest BCUT2D eigenvalue weighted by molar-refractivity contribution is 5.96. The van der Waals surface area contributed by atoms with Gasteiger partial charge >= 0.3 is 5.97 Å². The molecule has 0 aromatic heterocycles. The van der Waals surface area contributed by atoms with Gasteiger partial charge in [-0.15, -0.1) is 0 Å². The lowest BCUT2D eigenvalue weighted by Crippen LogP contribution is -2.65. The molecule has 0 unspecified atom stereocenters. The van der Waals surface area contributed by atoms with Crippen molar-refractivity contribution in [1.29, 1.82) is 0 Å². The first-order valence-corrected chi connectivity index (χ1v) is 22.4. The van der Waals surface area contributed by atoms with Crippen LogP contribution in [0.5, 0.6) is 0 Å². The van der Waals surface area contributed by atoms with Gasteiger partial charge in [0.25, 0.3) is 0 Å². The van der Waals surface area contributed by atoms with E-state index in [0.29, 0.717) is 25.8 Å². The molecule has 27 nitrogen and oxygen atoms in total. The fourth-order valence-corrected chi connectivity index (χ4v) is 8.24. The molecule has 0 saturated carbocycles. The first kappa shape index (κ1) is 55.2. The zero-order chi connectivity index (χ0) is 49.9. The number of carboxylic acid groups (broad SMARTS) is 1. The van der Waals surface area contributed by atoms with Crippen LogP contribution < -0.4 is 38.1 Å². The second kappa shape index (κ2) is 25.3. The molecule has 4 aliphatic rings. The number of nitrogens with two attached hydrogens (primary N) is 2. The third kappa shape index (κ3) is 14.3. The minimum Gasteiger partial charge on any atom is -0.480 e. The van der Waals surface area contributed by atoms with E-state index in [1.54, 1.807) is 13.8 Å². The van der Waals surface area contributed by atoms with Crippen LogP contribution in [-0.2, 0) is 47.7 Å². The van der Waals surface area contributed by atoms with Gasteiger partial charge in [-0.3, -0.25) is 29.0 Å². The minimum atomic E-state index is -1.98. The topological polar surface area (TPSA) is 429 Å². The third-order valence-corrected chi connectivity index (χ3v) is 12.1. The number of hydrogen-bond donors (Lipinski definition) is 15. The highest BCUT2D eigenvalue weighted by Gasteiger charge is 2.52. The summed E-state index contributed by atoms with van der Waals surface area (Å²) in [6, 6.07) is -7.18. The Hall–Kier alpha value is -4.39. The lowest BCUT2D eigenvalue weighted by Gasteiger charge is -2.46. The van der Waals surface area contributed by atoms with E-state index in [1.807, 2.05) is 0 Å². The third-order valence-electron chi connectivity index (χ3n) is 12.1. The van der Waals surface area contributed by atoms with Crippen LogP contribution in [0, 0.1) is 5.92 Å². The molecule has 0 aliphatic carbocycles. The number of hydrogen-bond acceptors (Lipinski definition) is 19. The van der Waals surface area contributed by atoms with Gasteiger partial charge in [-0.2, -0.15) is 0 Å². The van der Waals surface area contributed by atoms with Crippen molar-refractivity contribution < 1.29 is 88.6 Å². The molecule has 0 aromatic rings. The van der Waals surface area contributed by atoms with Crippen LogP contribution in [0.15, 0.2) is 4.99 Å². The van der Waals surface area contributed by atoms with Gasteiger partial charge < -0.3 is 103 Å². The number of carbonyl (C=O) groups excluding carboxylic acids is 5. The summed E-state index contributed by atoms with van der Waals surface area (Å²) in [5, 5.41) is 95.9. The quantitative estimate of drug-likeness (QED) is 0.0272. The summed E-state index contributed by atoms with van der Waals surface area (Å²) < 4.78 is 22.6. The molecule has 0 radical (unpaired) electrons. The number of rotatable bonds is 22. The Bertz CT molecular complexity index is 1720. The normalized spacial score (nSPS) is 32.0. The van der Waals surface area contributed by atoms with Crippen LogP contribution >= 0.6 is 0 Å². The molecule has 4 heterocycles. The van der Waals surface area contributed by atoms with Crippen LogP contribution in [0.1, 0.15) is 66.2 Å². The molecule has 67 heavy (non-hydrogen) atoms. The highest BCUT2D eigenvalue weighted by Crippen LogP contribution is 2.30. The summed E-state index contributed by atoms with van der Waals surface area (Å²) in [5.41, 5.74) is 10.6. The number of guanidine groups is 1. The van der Waals surface area contributed by atoms with Gasteiger partial charge in [0.1, 0.15) is 79.0 Å². The summed E-state index contributed by atoms with van der Waals surface area (Å²) in [4.78, 5) is 85.4. The van der Waals surface area contributed by atoms with Gasteiger partial charge in [-0.05, 0) is 64.8 Å². The fraction of sp³-hybridized carbons (Fsp3) is 0.825. The Balaban J connectivity index is 1.44. The number of ether oxygens (including phenoxy) is 4. The van der Waals surface area contributed by atoms with Crippen LogP contribution in [0.2, 0.25) is 0 Å². The Morgan fingerprint density at radius 1 is 0.776 bits per heavy atom. The first-order valence-electron chi connectivity index (χ1n) is 22.4. The average molecular weight is 964 g/mol. The Labute approximate surface area is 386 Å². The smallest absolute Gasteiger partial charge is 0.326 e. The van der Waals surface area contributed by atoms with Gasteiger partial charge in [0.2, 0.25) is 29.5 Å². The van der Waals surface area contributed by atoms with Crippen molar-refractivity contribution in [2.24, 2.45) is 22.4 Å². The molecule has 0 aromatic carbocycles. The molecular weight excluding hydrogens is 894 g/mol. The summed E-state index contributed by atoms with van der Waals surface area (Å²) in [7, 11) is 0. The van der Waals surface area contributed by atoms with Crippen molar-refractivity contribution in [3.8, 4) is 0 Å². The van der Waals surface area contributed by atoms with Crippen molar-refractivity contribution in [3.05, 3.63) is 0 Å². The predicted molar refractivity (Wildman–Crippen MR) is 228 cm³/mol. The maximum absolute atomic E-state index is 14.2. The van der Waals surface area contributed by atoms with Crippen molar-refractivity contribution >= 4 is 41.5 Å². The molecule has 5 amide bonds. The van der Waals surface area contributed by atoms with Gasteiger partial charge in [-0.1, -0.05) is 13.8 Å². The Morgan fingerprint density at radius 2 is 1.42 bits per heavy atom. The minimum absolute atomic E-state index is 0.0107. The van der Waals surface area contributed by atoms with Crippen LogP contribution in [0.25, 0.3) is 0 Å². The fourth-order valence-electron chi connectivity index (χ4n) is 8.24. The Kier molecular flexibility index (Phi) is 20.8. The summed E-state index contributed by atoms with van der Waals surface area (Å²) in [6.45, 7) is 5.07. The maximum atomic E-state index is 14.2. The van der Waals surface area contributed by atoms with E-state index in [2.05, 4.69) is 31.6 Å². The van der Waals surface area contributed by atoms with E-state index in [4.69, 9.17) is 30.4 Å². The largest absolute Gasteiger partial charge is 0.480 e. The molecule has 17 N–H and O–H groups in total. The number of amides is 5. The molecule has 382 valence electrons. The van der Waals surface area contributed by atoms with Crippen molar-refractivity contribution in [3.63, 3.8) is 0 Å². The predicted octanol–water partition coefficient (Wildman–Crippen LogP) is -7.49. The maximum Gasteiger partial charge on any atom is 0.326 e. The molecule has 0 spiro atoms. The van der Waals surface area contributed by atoms with Crippen molar-refractivity contribution in [2.75, 3.05) is 32.8 Å². The number of aliphatic imine (C=N–C) groups is 1. The van der Waals surface area contributed by atoms with Crippen LogP contribution in [0.4, 0.5) is 0 Å². The standard InChI is InChI=1S/C40H69N9O18/c1-16(2)24(34(59)45-17(3)36(61)49-13-7-10-21(49)33(58)46-20(37(62)63)9-6-12-44-40(41)42)47-35(60)25(48-32(57)19-8-5-11-43-19)18(4)64-38-30(56)28(54)31(23(15-51)66-38)67-39-29(55)27(53)26(52)22(14-50)65-39/h16-31,38-39,43,50-56H,5-15H2,1-4H3,(H,45,59)(H,46,58)(H,47,60)(H,48,57)(H,62,63)(H4,41,42,44)/t17-,18+,19-,20-,21-,22+,23+,24-,25-,26-,27-,28+,29+,30+,31+,38-,39-/m0/s1. The summed E-state index contributed by atoms with van der Waals surface area (Å²) in [5.74, 6) is -5.78. The zero-order valence-corrected chi connectivity index (χ0v) is 37.9. The monoisotopic (exact) mass is 963 g/mol. The number of aliphatic hydroxyl groups excluding tert-OH is 7. The van der Waals surface area contributed by atoms with E-state index in [-0.39, 0.29) is 38.3 Å². The van der Waals surface area contributed by atoms with E-state index in [0.717, 1.165) is 0 Å². The number of carbonyl (C=O) groups is 6. The number of likely N-dealkylation sites (tertiary alicyclic amines) is 1. The van der Waals surface area contributed by atoms with E-state index < -0.39 is 158 Å². The lowest BCUT2D eigenvalue weighted by atomic mass is 9.97.